The van der Waals surface area contributed by atoms with Crippen molar-refractivity contribution in [3.05, 3.63) is 75.6 Å². The molecule has 0 unspecified atom stereocenters. The van der Waals surface area contributed by atoms with Crippen molar-refractivity contribution in [2.45, 2.75) is 38.3 Å². The molecule has 1 aromatic carbocycles. The predicted octanol–water partition coefficient (Wildman–Crippen LogP) is 4.08. The predicted molar refractivity (Wildman–Crippen MR) is 103 cm³/mol. The van der Waals surface area contributed by atoms with Gasteiger partial charge >= 0.3 is 0 Å². The van der Waals surface area contributed by atoms with Crippen molar-refractivity contribution in [2.75, 3.05) is 6.54 Å². The Morgan fingerprint density at radius 3 is 2.89 bits per heavy atom. The first kappa shape index (κ1) is 17.1. The first-order chi connectivity index (χ1) is 13.7. The lowest BCUT2D eigenvalue weighted by atomic mass is 10.1. The van der Waals surface area contributed by atoms with Gasteiger partial charge in [-0.2, -0.15) is 0 Å². The summed E-state index contributed by atoms with van der Waals surface area (Å²) in [6.07, 6.45) is 5.31. The number of hydrogen-bond acceptors (Lipinski definition) is 6. The standard InChI is InChI=1S/C21H20N4O3/c26-25(27)19-4-2-1-3-17(19)20-8-7-16(28-20)13-24-10-9-18-15(12-24)11-22-21(23-18)14-5-6-14/h1-4,7-8,11,14H,5-6,9-10,12-13H2. The third kappa shape index (κ3) is 3.29. The van der Waals surface area contributed by atoms with E-state index in [0.717, 1.165) is 31.1 Å². The zero-order valence-electron chi connectivity index (χ0n) is 15.4. The van der Waals surface area contributed by atoms with Gasteiger partial charge in [0.1, 0.15) is 17.3 Å². The van der Waals surface area contributed by atoms with Crippen LogP contribution in [0.25, 0.3) is 11.3 Å². The molecule has 7 heteroatoms. The molecule has 1 saturated carbocycles. The van der Waals surface area contributed by atoms with Gasteiger partial charge in [-0.3, -0.25) is 15.0 Å². The minimum absolute atomic E-state index is 0.0546. The second kappa shape index (κ2) is 6.83. The Hall–Kier alpha value is -3.06. The van der Waals surface area contributed by atoms with Gasteiger partial charge in [-0.1, -0.05) is 12.1 Å². The van der Waals surface area contributed by atoms with Crippen molar-refractivity contribution in [1.82, 2.24) is 14.9 Å². The normalized spacial score (nSPS) is 16.7. The van der Waals surface area contributed by atoms with Gasteiger partial charge in [-0.25, -0.2) is 9.97 Å². The van der Waals surface area contributed by atoms with Gasteiger partial charge < -0.3 is 4.42 Å². The number of aromatic nitrogens is 2. The first-order valence-corrected chi connectivity index (χ1v) is 9.57. The molecule has 0 radical (unpaired) electrons. The van der Waals surface area contributed by atoms with Crippen molar-refractivity contribution >= 4 is 5.69 Å². The Labute approximate surface area is 162 Å². The third-order valence-corrected chi connectivity index (χ3v) is 5.38. The van der Waals surface area contributed by atoms with Crippen molar-refractivity contribution in [1.29, 1.82) is 0 Å². The first-order valence-electron chi connectivity index (χ1n) is 9.57. The fraction of sp³-hybridized carbons (Fsp3) is 0.333. The minimum Gasteiger partial charge on any atom is -0.459 e. The Kier molecular flexibility index (Phi) is 4.16. The quantitative estimate of drug-likeness (QED) is 0.493. The fourth-order valence-corrected chi connectivity index (χ4v) is 3.73. The van der Waals surface area contributed by atoms with Crippen LogP contribution in [0.4, 0.5) is 5.69 Å². The fourth-order valence-electron chi connectivity index (χ4n) is 3.73. The van der Waals surface area contributed by atoms with E-state index in [1.54, 1.807) is 24.3 Å². The van der Waals surface area contributed by atoms with Crippen LogP contribution >= 0.6 is 0 Å². The lowest BCUT2D eigenvalue weighted by molar-refractivity contribution is -0.384. The summed E-state index contributed by atoms with van der Waals surface area (Å²) in [7, 11) is 0. The lowest BCUT2D eigenvalue weighted by Crippen LogP contribution is -2.31. The van der Waals surface area contributed by atoms with E-state index in [9.17, 15) is 10.1 Å². The second-order valence-corrected chi connectivity index (χ2v) is 7.48. The molecule has 0 atom stereocenters. The number of nitrogens with zero attached hydrogens (tertiary/aromatic N) is 4. The van der Waals surface area contributed by atoms with E-state index < -0.39 is 0 Å². The molecule has 28 heavy (non-hydrogen) atoms. The average molecular weight is 376 g/mol. The van der Waals surface area contributed by atoms with Crippen molar-refractivity contribution in [3.8, 4) is 11.3 Å². The van der Waals surface area contributed by atoms with Crippen LogP contribution in [0, 0.1) is 10.1 Å². The summed E-state index contributed by atoms with van der Waals surface area (Å²) in [6, 6.07) is 10.4. The zero-order valence-corrected chi connectivity index (χ0v) is 15.4. The van der Waals surface area contributed by atoms with Gasteiger partial charge in [-0.05, 0) is 31.0 Å². The maximum Gasteiger partial charge on any atom is 0.280 e. The topological polar surface area (TPSA) is 85.3 Å². The number of para-hydroxylation sites is 1. The number of fused-ring (bicyclic) bond motifs is 1. The van der Waals surface area contributed by atoms with E-state index in [2.05, 4.69) is 9.88 Å². The second-order valence-electron chi connectivity index (χ2n) is 7.48. The molecule has 1 fully saturated rings. The maximum absolute atomic E-state index is 11.2. The number of nitro groups is 1. The number of rotatable bonds is 5. The molecular weight excluding hydrogens is 356 g/mol. The number of nitro benzene ring substituents is 1. The van der Waals surface area contributed by atoms with Crippen molar-refractivity contribution in [2.24, 2.45) is 0 Å². The van der Waals surface area contributed by atoms with E-state index in [4.69, 9.17) is 9.40 Å². The SMILES string of the molecule is O=[N+]([O-])c1ccccc1-c1ccc(CN2CCc3nc(C4CC4)ncc3C2)o1. The Bertz CT molecular complexity index is 1040. The molecule has 0 amide bonds. The smallest absolute Gasteiger partial charge is 0.280 e. The molecular formula is C21H20N4O3. The molecule has 3 aromatic rings. The molecule has 0 spiro atoms. The van der Waals surface area contributed by atoms with Crippen LogP contribution in [0.1, 0.15) is 41.6 Å². The Morgan fingerprint density at radius 1 is 1.21 bits per heavy atom. The Morgan fingerprint density at radius 2 is 2.07 bits per heavy atom. The molecule has 0 N–H and O–H groups in total. The van der Waals surface area contributed by atoms with E-state index in [1.807, 2.05) is 12.3 Å². The largest absolute Gasteiger partial charge is 0.459 e. The average Bonchev–Trinajstić information content (AvgIpc) is 3.47. The van der Waals surface area contributed by atoms with Crippen LogP contribution in [0.3, 0.4) is 0 Å². The molecule has 7 nitrogen and oxygen atoms in total. The highest BCUT2D eigenvalue weighted by Gasteiger charge is 2.28. The van der Waals surface area contributed by atoms with Crippen molar-refractivity contribution in [3.63, 3.8) is 0 Å². The van der Waals surface area contributed by atoms with Gasteiger partial charge in [0, 0.05) is 48.9 Å². The molecule has 1 aliphatic carbocycles. The third-order valence-electron chi connectivity index (χ3n) is 5.38. The molecule has 5 rings (SSSR count). The Balaban J connectivity index is 1.31. The van der Waals surface area contributed by atoms with E-state index in [-0.39, 0.29) is 10.6 Å². The number of hydrogen-bond donors (Lipinski definition) is 0. The highest BCUT2D eigenvalue weighted by molar-refractivity contribution is 5.69. The minimum atomic E-state index is -0.380. The molecule has 0 bridgehead atoms. The molecule has 142 valence electrons. The van der Waals surface area contributed by atoms with Crippen LogP contribution in [-0.2, 0) is 19.5 Å². The maximum atomic E-state index is 11.2. The number of furan rings is 1. The van der Waals surface area contributed by atoms with Gasteiger partial charge in [0.25, 0.3) is 5.69 Å². The summed E-state index contributed by atoms with van der Waals surface area (Å²) >= 11 is 0. The van der Waals surface area contributed by atoms with Crippen LogP contribution < -0.4 is 0 Å². The van der Waals surface area contributed by atoms with Gasteiger partial charge in [0.2, 0.25) is 0 Å². The molecule has 1 aliphatic heterocycles. The number of benzene rings is 1. The highest BCUT2D eigenvalue weighted by Crippen LogP contribution is 2.38. The molecule has 3 heterocycles. The summed E-state index contributed by atoms with van der Waals surface area (Å²) in [6.45, 7) is 2.36. The summed E-state index contributed by atoms with van der Waals surface area (Å²) in [5.74, 6) is 2.91. The van der Waals surface area contributed by atoms with Crippen LogP contribution in [0.2, 0.25) is 0 Å². The lowest BCUT2D eigenvalue weighted by Gasteiger charge is -2.27. The van der Waals surface area contributed by atoms with E-state index >= 15 is 0 Å². The van der Waals surface area contributed by atoms with Gasteiger partial charge in [0.15, 0.2) is 0 Å². The summed E-state index contributed by atoms with van der Waals surface area (Å²) in [5.41, 5.74) is 2.91. The van der Waals surface area contributed by atoms with E-state index in [0.29, 0.717) is 23.8 Å². The van der Waals surface area contributed by atoms with Crippen LogP contribution in [-0.4, -0.2) is 26.3 Å². The monoisotopic (exact) mass is 376 g/mol. The zero-order chi connectivity index (χ0) is 19.1. The summed E-state index contributed by atoms with van der Waals surface area (Å²) in [4.78, 5) is 22.5. The van der Waals surface area contributed by atoms with Gasteiger partial charge in [-0.15, -0.1) is 0 Å². The summed E-state index contributed by atoms with van der Waals surface area (Å²) in [5, 5.41) is 11.2. The molecule has 0 saturated heterocycles. The highest BCUT2D eigenvalue weighted by atomic mass is 16.6. The van der Waals surface area contributed by atoms with Gasteiger partial charge in [0.05, 0.1) is 17.0 Å². The molecule has 2 aromatic heterocycles. The summed E-state index contributed by atoms with van der Waals surface area (Å²) < 4.78 is 5.93. The van der Waals surface area contributed by atoms with E-state index in [1.165, 1.54) is 30.2 Å². The van der Waals surface area contributed by atoms with Crippen LogP contribution in [0.5, 0.6) is 0 Å². The molecule has 2 aliphatic rings. The van der Waals surface area contributed by atoms with Crippen molar-refractivity contribution < 1.29 is 9.34 Å². The van der Waals surface area contributed by atoms with Crippen LogP contribution in [0.15, 0.2) is 47.0 Å².